The molecule has 1 amide bonds. The van der Waals surface area contributed by atoms with Crippen molar-refractivity contribution in [3.8, 4) is 0 Å². The van der Waals surface area contributed by atoms with Crippen molar-refractivity contribution in [1.29, 1.82) is 0 Å². The Morgan fingerprint density at radius 2 is 2.10 bits per heavy atom. The van der Waals surface area contributed by atoms with E-state index >= 15 is 0 Å². The second-order valence-corrected chi connectivity index (χ2v) is 6.80. The average molecular weight is 308 g/mol. The van der Waals surface area contributed by atoms with Gasteiger partial charge in [-0.05, 0) is 43.7 Å². The number of hydrogen-bond acceptors (Lipinski definition) is 4. The van der Waals surface area contributed by atoms with Crippen LogP contribution in [0.3, 0.4) is 0 Å². The van der Waals surface area contributed by atoms with Crippen LogP contribution in [0.1, 0.15) is 50.5 Å². The molecule has 0 saturated heterocycles. The summed E-state index contributed by atoms with van der Waals surface area (Å²) in [6.07, 6.45) is 7.54. The fraction of sp³-hybridized carbons (Fsp3) is 0.667. The molecule has 0 aromatic carbocycles. The highest BCUT2D eigenvalue weighted by atomic mass is 35.5. The lowest BCUT2D eigenvalue weighted by molar-refractivity contribution is -0.120. The van der Waals surface area contributed by atoms with Crippen molar-refractivity contribution in [2.45, 2.75) is 62.5 Å². The van der Waals surface area contributed by atoms with E-state index in [2.05, 4.69) is 9.97 Å². The van der Waals surface area contributed by atoms with Gasteiger partial charge in [-0.15, -0.1) is 0 Å². The fourth-order valence-corrected chi connectivity index (χ4v) is 3.94. The molecule has 2 aliphatic carbocycles. The van der Waals surface area contributed by atoms with Crippen LogP contribution in [-0.2, 0) is 10.2 Å². The predicted molar refractivity (Wildman–Crippen MR) is 78.3 cm³/mol. The third-order valence-corrected chi connectivity index (χ3v) is 5.28. The van der Waals surface area contributed by atoms with E-state index < -0.39 is 5.41 Å². The number of aliphatic hydroxyl groups excluding tert-OH is 1. The third kappa shape index (κ3) is 1.98. The van der Waals surface area contributed by atoms with Crippen LogP contribution in [0, 0.1) is 0 Å². The molecule has 1 N–H and O–H groups in total. The Morgan fingerprint density at radius 1 is 1.33 bits per heavy atom. The van der Waals surface area contributed by atoms with Crippen LogP contribution in [0.4, 0.5) is 5.82 Å². The second-order valence-electron chi connectivity index (χ2n) is 6.46. The first kappa shape index (κ1) is 13.5. The maximum absolute atomic E-state index is 12.9. The van der Waals surface area contributed by atoms with Gasteiger partial charge in [-0.3, -0.25) is 9.69 Å². The number of carbonyl (C=O) groups is 1. The maximum atomic E-state index is 12.9. The van der Waals surface area contributed by atoms with Gasteiger partial charge in [-0.25, -0.2) is 4.98 Å². The van der Waals surface area contributed by atoms with Crippen molar-refractivity contribution in [1.82, 2.24) is 9.97 Å². The summed E-state index contributed by atoms with van der Waals surface area (Å²) in [7, 11) is 0. The Balaban J connectivity index is 1.75. The minimum atomic E-state index is -0.392. The summed E-state index contributed by atoms with van der Waals surface area (Å²) in [5.74, 6) is 0.810. The highest BCUT2D eigenvalue weighted by molar-refractivity contribution is 6.28. The lowest BCUT2D eigenvalue weighted by atomic mass is 10.0. The molecule has 2 unspecified atom stereocenters. The average Bonchev–Trinajstić information content (AvgIpc) is 3.22. The highest BCUT2D eigenvalue weighted by Crippen LogP contribution is 2.57. The van der Waals surface area contributed by atoms with Gasteiger partial charge < -0.3 is 5.11 Å². The SMILES string of the molecule is O=C1N(C2CCCCC(O)C2)c2nc(Cl)ncc2C12CC2. The molecule has 2 heterocycles. The summed E-state index contributed by atoms with van der Waals surface area (Å²) >= 11 is 5.94. The highest BCUT2D eigenvalue weighted by Gasteiger charge is 2.61. The summed E-state index contributed by atoms with van der Waals surface area (Å²) in [5.41, 5.74) is 0.535. The molecule has 3 aliphatic rings. The number of anilines is 1. The molecular formula is C15H18ClN3O2. The van der Waals surface area contributed by atoms with Crippen LogP contribution in [-0.4, -0.2) is 33.1 Å². The number of aromatic nitrogens is 2. The molecule has 4 rings (SSSR count). The number of rotatable bonds is 1. The molecule has 21 heavy (non-hydrogen) atoms. The van der Waals surface area contributed by atoms with Crippen LogP contribution in [0.2, 0.25) is 5.28 Å². The van der Waals surface area contributed by atoms with Crippen LogP contribution in [0.5, 0.6) is 0 Å². The molecule has 1 aromatic rings. The van der Waals surface area contributed by atoms with E-state index in [1.54, 1.807) is 6.20 Å². The number of carbonyl (C=O) groups excluding carboxylic acids is 1. The molecule has 2 saturated carbocycles. The second kappa shape index (κ2) is 4.65. The summed E-state index contributed by atoms with van der Waals surface area (Å²) in [6.45, 7) is 0. The van der Waals surface area contributed by atoms with E-state index in [0.29, 0.717) is 12.2 Å². The van der Waals surface area contributed by atoms with Gasteiger partial charge in [-0.2, -0.15) is 4.98 Å². The number of aliphatic hydroxyl groups is 1. The smallest absolute Gasteiger partial charge is 0.239 e. The largest absolute Gasteiger partial charge is 0.393 e. The first-order valence-electron chi connectivity index (χ1n) is 7.66. The normalized spacial score (nSPS) is 30.4. The molecule has 0 radical (unpaired) electrons. The Labute approximate surface area is 128 Å². The lowest BCUT2D eigenvalue weighted by Crippen LogP contribution is -2.42. The standard InChI is InChI=1S/C15H18ClN3O2/c16-14-17-8-11-12(18-14)19(13(21)15(11)5-6-15)9-3-1-2-4-10(20)7-9/h8-10,20H,1-7H2. The van der Waals surface area contributed by atoms with E-state index in [1.165, 1.54) is 0 Å². The number of hydrogen-bond donors (Lipinski definition) is 1. The van der Waals surface area contributed by atoms with Gasteiger partial charge in [0.25, 0.3) is 0 Å². The number of halogens is 1. The van der Waals surface area contributed by atoms with E-state index in [1.807, 2.05) is 4.90 Å². The van der Waals surface area contributed by atoms with Crippen molar-refractivity contribution in [2.75, 3.05) is 4.90 Å². The Morgan fingerprint density at radius 3 is 2.86 bits per heavy atom. The van der Waals surface area contributed by atoms with Crippen LogP contribution >= 0.6 is 11.6 Å². The number of fused-ring (bicyclic) bond motifs is 2. The van der Waals surface area contributed by atoms with Gasteiger partial charge in [0.15, 0.2) is 0 Å². The Hall–Kier alpha value is -1.20. The van der Waals surface area contributed by atoms with Crippen molar-refractivity contribution in [3.05, 3.63) is 17.0 Å². The summed E-state index contributed by atoms with van der Waals surface area (Å²) in [4.78, 5) is 23.1. The number of amides is 1. The maximum Gasteiger partial charge on any atom is 0.239 e. The molecule has 6 heteroatoms. The number of nitrogens with zero attached hydrogens (tertiary/aromatic N) is 3. The van der Waals surface area contributed by atoms with Gasteiger partial charge in [0.1, 0.15) is 5.82 Å². The Bertz CT molecular complexity index is 603. The zero-order valence-electron chi connectivity index (χ0n) is 11.8. The van der Waals surface area contributed by atoms with Crippen molar-refractivity contribution < 1.29 is 9.90 Å². The van der Waals surface area contributed by atoms with Crippen molar-refractivity contribution in [3.63, 3.8) is 0 Å². The van der Waals surface area contributed by atoms with Gasteiger partial charge in [0.05, 0.1) is 11.5 Å². The van der Waals surface area contributed by atoms with Gasteiger partial charge in [0, 0.05) is 17.8 Å². The summed E-state index contributed by atoms with van der Waals surface area (Å²) in [6, 6.07) is 0.0275. The minimum Gasteiger partial charge on any atom is -0.393 e. The van der Waals surface area contributed by atoms with Crippen molar-refractivity contribution >= 4 is 23.3 Å². The van der Waals surface area contributed by atoms with E-state index in [0.717, 1.165) is 44.1 Å². The monoisotopic (exact) mass is 307 g/mol. The van der Waals surface area contributed by atoms with Gasteiger partial charge in [0.2, 0.25) is 11.2 Å². The van der Waals surface area contributed by atoms with E-state index in [-0.39, 0.29) is 23.3 Å². The molecule has 1 spiro atoms. The quantitative estimate of drug-likeness (QED) is 0.638. The Kier molecular flexibility index (Phi) is 2.98. The van der Waals surface area contributed by atoms with E-state index in [4.69, 9.17) is 11.6 Å². The predicted octanol–water partition coefficient (Wildman–Crippen LogP) is 2.20. The molecular weight excluding hydrogens is 290 g/mol. The zero-order valence-corrected chi connectivity index (χ0v) is 12.5. The van der Waals surface area contributed by atoms with Crippen LogP contribution in [0.25, 0.3) is 0 Å². The lowest BCUT2D eigenvalue weighted by Gasteiger charge is -2.28. The minimum absolute atomic E-state index is 0.0275. The topological polar surface area (TPSA) is 66.3 Å². The first-order chi connectivity index (χ1) is 10.1. The fourth-order valence-electron chi connectivity index (χ4n) is 3.81. The zero-order chi connectivity index (χ0) is 14.6. The summed E-state index contributed by atoms with van der Waals surface area (Å²) in [5, 5.41) is 10.2. The summed E-state index contributed by atoms with van der Waals surface area (Å²) < 4.78 is 0. The van der Waals surface area contributed by atoms with Crippen LogP contribution in [0.15, 0.2) is 6.20 Å². The molecule has 1 aromatic heterocycles. The molecule has 0 bridgehead atoms. The van der Waals surface area contributed by atoms with Crippen molar-refractivity contribution in [2.24, 2.45) is 0 Å². The van der Waals surface area contributed by atoms with Crippen LogP contribution < -0.4 is 4.90 Å². The molecule has 112 valence electrons. The molecule has 2 fully saturated rings. The molecule has 5 nitrogen and oxygen atoms in total. The van der Waals surface area contributed by atoms with Gasteiger partial charge in [-0.1, -0.05) is 12.8 Å². The van der Waals surface area contributed by atoms with Gasteiger partial charge >= 0.3 is 0 Å². The molecule has 2 atom stereocenters. The van der Waals surface area contributed by atoms with E-state index in [9.17, 15) is 9.90 Å². The molecule has 1 aliphatic heterocycles. The first-order valence-corrected chi connectivity index (χ1v) is 8.04. The third-order valence-electron chi connectivity index (χ3n) is 5.10.